The molecular weight excluding hydrogens is 324 g/mol. The molecule has 144 valence electrons. The minimum atomic E-state index is -0.245. The zero-order chi connectivity index (χ0) is 18.9. The van der Waals surface area contributed by atoms with Crippen LogP contribution in [-0.4, -0.2) is 23.3 Å². The number of carbonyl (C=O) groups is 2. The van der Waals surface area contributed by atoms with Crippen LogP contribution in [-0.2, 0) is 14.3 Å². The molecule has 4 rings (SSSR count). The van der Waals surface area contributed by atoms with E-state index in [0.717, 1.165) is 38.5 Å². The van der Waals surface area contributed by atoms with Gasteiger partial charge >= 0.3 is 0 Å². The van der Waals surface area contributed by atoms with Crippen LogP contribution in [0.25, 0.3) is 0 Å². The van der Waals surface area contributed by atoms with Gasteiger partial charge in [-0.2, -0.15) is 0 Å². The van der Waals surface area contributed by atoms with Crippen molar-refractivity contribution >= 4 is 11.6 Å². The van der Waals surface area contributed by atoms with Crippen LogP contribution in [0, 0.1) is 28.6 Å². The molecule has 6 atom stereocenters. The smallest absolute Gasteiger partial charge is 0.159 e. The number of ketones is 2. The highest BCUT2D eigenvalue weighted by Crippen LogP contribution is 2.63. The van der Waals surface area contributed by atoms with Crippen LogP contribution in [0.5, 0.6) is 0 Å². The summed E-state index contributed by atoms with van der Waals surface area (Å²) in [5, 5.41) is 0. The number of Topliss-reactive ketones (excluding diaryl/α,β-unsaturated/α-hetero) is 1. The highest BCUT2D eigenvalue weighted by atomic mass is 16.5. The fraction of sp³-hybridized carbons (Fsp3) is 0.826. The third kappa shape index (κ3) is 2.65. The Morgan fingerprint density at radius 2 is 1.65 bits per heavy atom. The normalized spacial score (nSPS) is 45.7. The van der Waals surface area contributed by atoms with E-state index in [1.54, 1.807) is 0 Å². The maximum Gasteiger partial charge on any atom is 0.159 e. The Bertz CT molecular complexity index is 669. The minimum absolute atomic E-state index is 0.0639. The highest BCUT2D eigenvalue weighted by molar-refractivity contribution is 5.96. The number of hydrogen-bond acceptors (Lipinski definition) is 3. The van der Waals surface area contributed by atoms with Crippen LogP contribution in [0.4, 0.5) is 0 Å². The Morgan fingerprint density at radius 3 is 2.35 bits per heavy atom. The molecule has 3 saturated carbocycles. The van der Waals surface area contributed by atoms with Gasteiger partial charge in [0.2, 0.25) is 0 Å². The zero-order valence-corrected chi connectivity index (χ0v) is 17.1. The molecule has 4 aliphatic rings. The van der Waals surface area contributed by atoms with E-state index in [1.165, 1.54) is 5.57 Å². The van der Waals surface area contributed by atoms with Crippen molar-refractivity contribution in [2.45, 2.75) is 91.3 Å². The first-order valence-electron chi connectivity index (χ1n) is 10.5. The molecule has 0 bridgehead atoms. The first-order chi connectivity index (χ1) is 12.0. The van der Waals surface area contributed by atoms with Crippen LogP contribution >= 0.6 is 0 Å². The predicted octanol–water partition coefficient (Wildman–Crippen LogP) is 4.88. The fourth-order valence-corrected chi connectivity index (χ4v) is 6.74. The monoisotopic (exact) mass is 358 g/mol. The van der Waals surface area contributed by atoms with Gasteiger partial charge in [0.05, 0.1) is 11.7 Å². The Labute approximate surface area is 157 Å². The first kappa shape index (κ1) is 18.4. The van der Waals surface area contributed by atoms with Gasteiger partial charge in [-0.3, -0.25) is 9.59 Å². The molecule has 3 nitrogen and oxygen atoms in total. The van der Waals surface area contributed by atoms with Gasteiger partial charge in [0, 0.05) is 17.8 Å². The molecule has 0 heterocycles. The summed E-state index contributed by atoms with van der Waals surface area (Å²) in [5.74, 6) is 1.43. The second-order valence-electron chi connectivity index (χ2n) is 10.7. The van der Waals surface area contributed by atoms with Crippen molar-refractivity contribution in [3.63, 3.8) is 0 Å². The molecule has 0 radical (unpaired) electrons. The summed E-state index contributed by atoms with van der Waals surface area (Å²) in [6.45, 7) is 10.8. The van der Waals surface area contributed by atoms with Gasteiger partial charge in [0.1, 0.15) is 5.78 Å². The van der Waals surface area contributed by atoms with Crippen molar-refractivity contribution in [2.75, 3.05) is 0 Å². The molecule has 0 unspecified atom stereocenters. The van der Waals surface area contributed by atoms with E-state index in [2.05, 4.69) is 34.6 Å². The zero-order valence-electron chi connectivity index (χ0n) is 17.1. The number of ether oxygens (including phenoxy) is 1. The summed E-state index contributed by atoms with van der Waals surface area (Å²) >= 11 is 0. The molecular formula is C23H34O3. The Hall–Kier alpha value is -0.960. The summed E-state index contributed by atoms with van der Waals surface area (Å²) in [4.78, 5) is 25.7. The summed E-state index contributed by atoms with van der Waals surface area (Å²) in [5.41, 5.74) is 1.04. The van der Waals surface area contributed by atoms with Crippen molar-refractivity contribution in [2.24, 2.45) is 28.6 Å². The quantitative estimate of drug-likeness (QED) is 0.671. The molecule has 0 N–H and O–H groups in total. The lowest BCUT2D eigenvalue weighted by Gasteiger charge is -2.56. The SMILES string of the molecule is CC(C)(C)O[C@H]1CC[C@@]2(C)C(=CC(=O)[C@@H]3[C@@H]2CC[C@]2(C)C(=O)CC[C@@H]32)C1. The van der Waals surface area contributed by atoms with E-state index in [-0.39, 0.29) is 34.4 Å². The lowest BCUT2D eigenvalue weighted by Crippen LogP contribution is -2.53. The average molecular weight is 359 g/mol. The van der Waals surface area contributed by atoms with Crippen molar-refractivity contribution in [3.05, 3.63) is 11.6 Å². The van der Waals surface area contributed by atoms with Crippen LogP contribution in [0.15, 0.2) is 11.6 Å². The fourth-order valence-electron chi connectivity index (χ4n) is 6.74. The summed E-state index contributed by atoms with van der Waals surface area (Å²) in [7, 11) is 0. The van der Waals surface area contributed by atoms with E-state index < -0.39 is 0 Å². The van der Waals surface area contributed by atoms with Gasteiger partial charge in [-0.25, -0.2) is 0 Å². The van der Waals surface area contributed by atoms with E-state index >= 15 is 0 Å². The summed E-state index contributed by atoms with van der Waals surface area (Å²) in [6.07, 6.45) is 8.83. The molecule has 0 aromatic rings. The van der Waals surface area contributed by atoms with Crippen LogP contribution < -0.4 is 0 Å². The number of fused-ring (bicyclic) bond motifs is 5. The van der Waals surface area contributed by atoms with Gasteiger partial charge in [0.15, 0.2) is 5.78 Å². The Balaban J connectivity index is 1.64. The van der Waals surface area contributed by atoms with Crippen LogP contribution in [0.1, 0.15) is 79.6 Å². The molecule has 3 heteroatoms. The van der Waals surface area contributed by atoms with Gasteiger partial charge in [0.25, 0.3) is 0 Å². The van der Waals surface area contributed by atoms with Gasteiger partial charge in [-0.15, -0.1) is 0 Å². The van der Waals surface area contributed by atoms with Gasteiger partial charge in [-0.1, -0.05) is 19.4 Å². The Morgan fingerprint density at radius 1 is 1.00 bits per heavy atom. The van der Waals surface area contributed by atoms with Crippen LogP contribution in [0.2, 0.25) is 0 Å². The molecule has 0 aromatic heterocycles. The second kappa shape index (κ2) is 5.77. The molecule has 3 fully saturated rings. The lowest BCUT2D eigenvalue weighted by molar-refractivity contribution is -0.141. The molecule has 0 aromatic carbocycles. The standard InChI is InChI=1S/C23H34O3/c1-21(2,3)26-15-8-10-22(4)14(12-15)13-18(24)20-16-6-7-19(25)23(16,5)11-9-17(20)22/h13,15-17,20H,6-12H2,1-5H3/t15-,16-,17-,20-,22-,23-/m0/s1. The maximum absolute atomic E-state index is 13.2. The molecule has 26 heavy (non-hydrogen) atoms. The lowest BCUT2D eigenvalue weighted by atomic mass is 9.47. The number of allylic oxidation sites excluding steroid dienone is 1. The first-order valence-corrected chi connectivity index (χ1v) is 10.5. The number of hydrogen-bond donors (Lipinski definition) is 0. The second-order valence-corrected chi connectivity index (χ2v) is 10.7. The van der Waals surface area contributed by atoms with E-state index in [4.69, 9.17) is 4.74 Å². The van der Waals surface area contributed by atoms with Crippen molar-refractivity contribution < 1.29 is 14.3 Å². The molecule has 4 aliphatic carbocycles. The average Bonchev–Trinajstić information content (AvgIpc) is 2.83. The van der Waals surface area contributed by atoms with Crippen molar-refractivity contribution in [1.29, 1.82) is 0 Å². The highest BCUT2D eigenvalue weighted by Gasteiger charge is 2.61. The van der Waals surface area contributed by atoms with E-state index in [9.17, 15) is 9.59 Å². The minimum Gasteiger partial charge on any atom is -0.372 e. The molecule has 0 spiro atoms. The van der Waals surface area contributed by atoms with Crippen LogP contribution in [0.3, 0.4) is 0 Å². The number of carbonyl (C=O) groups excluding carboxylic acids is 2. The molecule has 0 aliphatic heterocycles. The third-order valence-corrected chi connectivity index (χ3v) is 8.13. The molecule has 0 amide bonds. The predicted molar refractivity (Wildman–Crippen MR) is 102 cm³/mol. The third-order valence-electron chi connectivity index (χ3n) is 8.13. The largest absolute Gasteiger partial charge is 0.372 e. The van der Waals surface area contributed by atoms with Gasteiger partial charge in [-0.05, 0) is 82.6 Å². The van der Waals surface area contributed by atoms with Crippen molar-refractivity contribution in [1.82, 2.24) is 0 Å². The summed E-state index contributed by atoms with van der Waals surface area (Å²) in [6, 6.07) is 0. The number of rotatable bonds is 1. The van der Waals surface area contributed by atoms with E-state index in [1.807, 2.05) is 6.08 Å². The maximum atomic E-state index is 13.2. The topological polar surface area (TPSA) is 43.4 Å². The molecule has 0 saturated heterocycles. The van der Waals surface area contributed by atoms with Crippen molar-refractivity contribution in [3.8, 4) is 0 Å². The van der Waals surface area contributed by atoms with E-state index in [0.29, 0.717) is 23.9 Å². The van der Waals surface area contributed by atoms with Gasteiger partial charge < -0.3 is 4.74 Å². The Kier molecular flexibility index (Phi) is 4.08. The summed E-state index contributed by atoms with van der Waals surface area (Å²) < 4.78 is 6.25.